The van der Waals surface area contributed by atoms with Crippen LogP contribution in [0, 0.1) is 0 Å². The first-order valence-corrected chi connectivity index (χ1v) is 10.9. The number of anilines is 1. The third-order valence-electron chi connectivity index (χ3n) is 4.30. The van der Waals surface area contributed by atoms with Gasteiger partial charge in [-0.15, -0.1) is 0 Å². The Bertz CT molecular complexity index is 1070. The second kappa shape index (κ2) is 10.5. The van der Waals surface area contributed by atoms with Gasteiger partial charge in [0.25, 0.3) is 11.8 Å². The predicted octanol–water partition coefficient (Wildman–Crippen LogP) is 3.90. The van der Waals surface area contributed by atoms with Crippen LogP contribution in [0.25, 0.3) is 6.08 Å². The highest BCUT2D eigenvalue weighted by Gasteiger charge is 2.34. The van der Waals surface area contributed by atoms with Crippen molar-refractivity contribution < 1.29 is 28.6 Å². The zero-order valence-corrected chi connectivity index (χ0v) is 19.7. The maximum Gasteiger partial charge on any atom is 0.344 e. The molecule has 1 N–H and O–H groups in total. The monoisotopic (exact) mass is 522 g/mol. The summed E-state index contributed by atoms with van der Waals surface area (Å²) in [6.45, 7) is 3.63. The van der Waals surface area contributed by atoms with E-state index < -0.39 is 17.8 Å². The van der Waals surface area contributed by atoms with Crippen LogP contribution in [0.1, 0.15) is 19.4 Å². The molecule has 0 spiro atoms. The smallest absolute Gasteiger partial charge is 0.344 e. The first-order chi connectivity index (χ1) is 15.4. The summed E-state index contributed by atoms with van der Waals surface area (Å²) < 4.78 is 16.4. The van der Waals surface area contributed by atoms with Gasteiger partial charge in [0.1, 0.15) is 10.6 Å². The lowest BCUT2D eigenvalue weighted by Gasteiger charge is -2.16. The van der Waals surface area contributed by atoms with Gasteiger partial charge in [-0.25, -0.2) is 9.80 Å². The minimum atomic E-state index is -0.553. The lowest BCUT2D eigenvalue weighted by molar-refractivity contribution is -0.145. The number of hydrogen-bond donors (Lipinski definition) is 1. The first-order valence-electron chi connectivity index (χ1n) is 9.72. The Balaban J connectivity index is 1.95. The molecule has 0 aromatic heterocycles. The second-order valence-corrected chi connectivity index (χ2v) is 7.59. The molecule has 1 aliphatic rings. The van der Waals surface area contributed by atoms with Gasteiger partial charge in [0.05, 0.1) is 18.9 Å². The minimum Gasteiger partial charge on any atom is -0.490 e. The molecule has 168 valence electrons. The molecule has 1 fully saturated rings. The average Bonchev–Trinajstić information content (AvgIpc) is 3.06. The number of ether oxygens (including phenoxy) is 3. The molecular formula is C22H20BrClN2O6. The Morgan fingerprint density at radius 2 is 1.88 bits per heavy atom. The largest absolute Gasteiger partial charge is 0.490 e. The summed E-state index contributed by atoms with van der Waals surface area (Å²) in [5.41, 5.74) is 3.42. The summed E-state index contributed by atoms with van der Waals surface area (Å²) in [7, 11) is 0. The number of esters is 1. The Hall–Kier alpha value is -3.04. The number of benzene rings is 2. The summed E-state index contributed by atoms with van der Waals surface area (Å²) in [4.78, 5) is 37.0. The van der Waals surface area contributed by atoms with E-state index in [-0.39, 0.29) is 35.3 Å². The molecule has 0 aliphatic carbocycles. The number of nitrogens with one attached hydrogen (secondary N) is 1. The number of carbonyl (C=O) groups excluding carboxylic acids is 3. The molecule has 2 aromatic carbocycles. The zero-order chi connectivity index (χ0) is 23.3. The number of rotatable bonds is 8. The fourth-order valence-electron chi connectivity index (χ4n) is 2.91. The summed E-state index contributed by atoms with van der Waals surface area (Å²) in [5, 5.41) is 1.29. The van der Waals surface area contributed by atoms with Crippen LogP contribution in [-0.4, -0.2) is 37.6 Å². The average molecular weight is 524 g/mol. The van der Waals surface area contributed by atoms with E-state index in [1.165, 1.54) is 11.1 Å². The van der Waals surface area contributed by atoms with Crippen molar-refractivity contribution in [2.75, 3.05) is 24.8 Å². The van der Waals surface area contributed by atoms with E-state index in [1.807, 2.05) is 6.07 Å². The van der Waals surface area contributed by atoms with Crippen molar-refractivity contribution in [3.8, 4) is 11.5 Å². The van der Waals surface area contributed by atoms with Crippen LogP contribution >= 0.6 is 27.5 Å². The van der Waals surface area contributed by atoms with Gasteiger partial charge in [-0.05, 0) is 59.6 Å². The van der Waals surface area contributed by atoms with Gasteiger partial charge >= 0.3 is 5.97 Å². The van der Waals surface area contributed by atoms with Gasteiger partial charge < -0.3 is 14.2 Å². The lowest BCUT2D eigenvalue weighted by Crippen LogP contribution is -2.35. The molecular weight excluding hydrogens is 504 g/mol. The van der Waals surface area contributed by atoms with Crippen molar-refractivity contribution in [1.82, 2.24) is 5.43 Å². The second-order valence-electron chi connectivity index (χ2n) is 6.42. The highest BCUT2D eigenvalue weighted by molar-refractivity contribution is 9.10. The molecule has 32 heavy (non-hydrogen) atoms. The SMILES string of the molecule is CCOC(=O)COc1c(OCC)cc(/C=C2/C(=O)NN(c3ccccc3)C2=O)c(Br)c1Cl. The number of para-hydroxylation sites is 1. The van der Waals surface area contributed by atoms with Gasteiger partial charge in [0, 0.05) is 4.47 Å². The fraction of sp³-hybridized carbons (Fsp3) is 0.227. The van der Waals surface area contributed by atoms with E-state index in [1.54, 1.807) is 44.2 Å². The summed E-state index contributed by atoms with van der Waals surface area (Å²) in [6.07, 6.45) is 1.41. The van der Waals surface area contributed by atoms with Crippen LogP contribution in [0.3, 0.4) is 0 Å². The normalized spacial score (nSPS) is 14.5. The maximum absolute atomic E-state index is 12.9. The molecule has 1 saturated heterocycles. The van der Waals surface area contributed by atoms with Gasteiger partial charge in [-0.3, -0.25) is 15.0 Å². The Morgan fingerprint density at radius 3 is 2.53 bits per heavy atom. The topological polar surface area (TPSA) is 94.2 Å². The fourth-order valence-corrected chi connectivity index (χ4v) is 3.58. The molecule has 0 bridgehead atoms. The van der Waals surface area contributed by atoms with Gasteiger partial charge in [-0.2, -0.15) is 0 Å². The van der Waals surface area contributed by atoms with Crippen molar-refractivity contribution in [2.24, 2.45) is 0 Å². The molecule has 0 unspecified atom stereocenters. The van der Waals surface area contributed by atoms with Crippen LogP contribution < -0.4 is 19.9 Å². The van der Waals surface area contributed by atoms with Crippen molar-refractivity contribution in [3.05, 3.63) is 57.0 Å². The standard InChI is InChI=1S/C22H20BrClN2O6/c1-3-30-16-11-13(18(23)19(24)20(16)32-12-17(27)31-4-2)10-15-21(28)25-26(22(15)29)14-8-6-5-7-9-14/h5-11H,3-4,12H2,1-2H3,(H,25,28)/b15-10-. The number of hydrazine groups is 1. The van der Waals surface area contributed by atoms with Crippen LogP contribution in [0.4, 0.5) is 5.69 Å². The van der Waals surface area contributed by atoms with Crippen molar-refractivity contribution in [1.29, 1.82) is 0 Å². The molecule has 0 saturated carbocycles. The number of halogens is 2. The Morgan fingerprint density at radius 1 is 1.16 bits per heavy atom. The van der Waals surface area contributed by atoms with E-state index in [0.29, 0.717) is 22.3 Å². The van der Waals surface area contributed by atoms with E-state index in [0.717, 1.165) is 0 Å². The molecule has 2 amide bonds. The molecule has 0 radical (unpaired) electrons. The van der Waals surface area contributed by atoms with Crippen LogP contribution in [-0.2, 0) is 19.1 Å². The summed E-state index contributed by atoms with van der Waals surface area (Å²) >= 11 is 9.83. The highest BCUT2D eigenvalue weighted by atomic mass is 79.9. The van der Waals surface area contributed by atoms with E-state index >= 15 is 0 Å². The molecule has 2 aromatic rings. The van der Waals surface area contributed by atoms with Gasteiger partial charge in [-0.1, -0.05) is 29.8 Å². The maximum atomic E-state index is 12.9. The van der Waals surface area contributed by atoms with Crippen LogP contribution in [0.2, 0.25) is 5.02 Å². The highest BCUT2D eigenvalue weighted by Crippen LogP contribution is 2.43. The Labute approximate surface area is 198 Å². The third-order valence-corrected chi connectivity index (χ3v) is 5.74. The molecule has 1 aliphatic heterocycles. The molecule has 1 heterocycles. The number of hydrogen-bond acceptors (Lipinski definition) is 6. The van der Waals surface area contributed by atoms with Gasteiger partial charge in [0.2, 0.25) is 0 Å². The third kappa shape index (κ3) is 5.05. The van der Waals surface area contributed by atoms with Crippen LogP contribution in [0.15, 0.2) is 46.4 Å². The van der Waals surface area contributed by atoms with Crippen LogP contribution in [0.5, 0.6) is 11.5 Å². The number of carbonyl (C=O) groups is 3. The van der Waals surface area contributed by atoms with Gasteiger partial charge in [0.15, 0.2) is 18.1 Å². The minimum absolute atomic E-state index is 0.0757. The van der Waals surface area contributed by atoms with Crippen molar-refractivity contribution in [2.45, 2.75) is 13.8 Å². The van der Waals surface area contributed by atoms with E-state index in [4.69, 9.17) is 25.8 Å². The Kier molecular flexibility index (Phi) is 7.76. The quantitative estimate of drug-likeness (QED) is 0.320. The lowest BCUT2D eigenvalue weighted by atomic mass is 10.1. The summed E-state index contributed by atoms with van der Waals surface area (Å²) in [6, 6.07) is 10.3. The summed E-state index contributed by atoms with van der Waals surface area (Å²) in [5.74, 6) is -1.22. The molecule has 0 atom stereocenters. The predicted molar refractivity (Wildman–Crippen MR) is 122 cm³/mol. The first kappa shape index (κ1) is 23.6. The number of amides is 2. The molecule has 8 nitrogen and oxygen atoms in total. The molecule has 3 rings (SSSR count). The van der Waals surface area contributed by atoms with Crippen molar-refractivity contribution in [3.63, 3.8) is 0 Å². The zero-order valence-electron chi connectivity index (χ0n) is 17.3. The van der Waals surface area contributed by atoms with E-state index in [9.17, 15) is 14.4 Å². The van der Waals surface area contributed by atoms with Crippen molar-refractivity contribution >= 4 is 57.1 Å². The van der Waals surface area contributed by atoms with E-state index in [2.05, 4.69) is 21.4 Å². The number of nitrogens with zero attached hydrogens (tertiary/aromatic N) is 1. The molecule has 10 heteroatoms.